The molecule has 1 atom stereocenters. The molecule has 0 saturated heterocycles. The van der Waals surface area contributed by atoms with Crippen LogP contribution in [0.2, 0.25) is 0 Å². The number of rotatable bonds is 8. The molecule has 0 bridgehead atoms. The lowest BCUT2D eigenvalue weighted by molar-refractivity contribution is -0.142. The van der Waals surface area contributed by atoms with E-state index in [0.29, 0.717) is 6.42 Å². The van der Waals surface area contributed by atoms with E-state index in [1.165, 1.54) is 19.1 Å². The Morgan fingerprint density at radius 1 is 1.30 bits per heavy atom. The third-order valence-electron chi connectivity index (χ3n) is 2.83. The number of nitrogens with one attached hydrogen (secondary N) is 1. The Bertz CT molecular complexity index is 344. The Labute approximate surface area is 119 Å². The third-order valence-corrected chi connectivity index (χ3v) is 2.83. The number of aliphatic carboxylic acids is 1. The first-order valence-corrected chi connectivity index (χ1v) is 6.56. The first-order valence-electron chi connectivity index (χ1n) is 6.56. The van der Waals surface area contributed by atoms with Gasteiger partial charge in [-0.2, -0.15) is 0 Å². The van der Waals surface area contributed by atoms with E-state index in [-0.39, 0.29) is 25.4 Å². The van der Waals surface area contributed by atoms with Crippen LogP contribution in [-0.4, -0.2) is 55.2 Å². The van der Waals surface area contributed by atoms with Gasteiger partial charge in [0.05, 0.1) is 19.4 Å². The van der Waals surface area contributed by atoms with E-state index in [0.717, 1.165) is 0 Å². The second-order valence-corrected chi connectivity index (χ2v) is 5.10. The number of carbonyl (C=O) groups is 3. The maximum atomic E-state index is 11.7. The van der Waals surface area contributed by atoms with Gasteiger partial charge in [0.25, 0.3) is 0 Å². The number of amides is 2. The highest BCUT2D eigenvalue weighted by Crippen LogP contribution is 2.11. The zero-order valence-electron chi connectivity index (χ0n) is 12.5. The van der Waals surface area contributed by atoms with Crippen LogP contribution in [-0.2, 0) is 14.3 Å². The molecule has 7 heteroatoms. The average Bonchev–Trinajstić information content (AvgIpc) is 2.38. The van der Waals surface area contributed by atoms with Gasteiger partial charge in [0.15, 0.2) is 0 Å². The number of hydrogen-bond acceptors (Lipinski definition) is 4. The smallest absolute Gasteiger partial charge is 0.317 e. The molecule has 2 amide bonds. The minimum Gasteiger partial charge on any atom is -0.481 e. The maximum Gasteiger partial charge on any atom is 0.317 e. The van der Waals surface area contributed by atoms with Gasteiger partial charge in [-0.05, 0) is 12.3 Å². The predicted octanol–water partition coefficient (Wildman–Crippen LogP) is 0.938. The molecule has 0 rings (SSSR count). The minimum absolute atomic E-state index is 0.0783. The normalized spacial score (nSPS) is 11.8. The fourth-order valence-corrected chi connectivity index (χ4v) is 1.65. The largest absolute Gasteiger partial charge is 0.481 e. The van der Waals surface area contributed by atoms with Crippen molar-refractivity contribution in [2.75, 3.05) is 27.2 Å². The van der Waals surface area contributed by atoms with Crippen LogP contribution >= 0.6 is 0 Å². The zero-order valence-corrected chi connectivity index (χ0v) is 12.5. The van der Waals surface area contributed by atoms with Crippen molar-refractivity contribution in [1.82, 2.24) is 10.2 Å². The van der Waals surface area contributed by atoms with Crippen LogP contribution in [0.5, 0.6) is 0 Å². The summed E-state index contributed by atoms with van der Waals surface area (Å²) in [6.07, 6.45) is 0.607. The topological polar surface area (TPSA) is 95.9 Å². The molecular formula is C13H24N2O5. The molecule has 0 fully saturated rings. The lowest BCUT2D eigenvalue weighted by atomic mass is 9.97. The molecule has 0 saturated carbocycles. The first-order chi connectivity index (χ1) is 9.27. The molecule has 0 heterocycles. The Kier molecular flexibility index (Phi) is 8.35. The summed E-state index contributed by atoms with van der Waals surface area (Å²) in [5.41, 5.74) is 0. The highest BCUT2D eigenvalue weighted by molar-refractivity contribution is 5.76. The molecule has 0 aliphatic carbocycles. The van der Waals surface area contributed by atoms with Crippen LogP contribution in [0.4, 0.5) is 4.79 Å². The summed E-state index contributed by atoms with van der Waals surface area (Å²) in [6.45, 7) is 4.16. The van der Waals surface area contributed by atoms with Crippen molar-refractivity contribution in [2.45, 2.75) is 26.7 Å². The van der Waals surface area contributed by atoms with E-state index in [4.69, 9.17) is 5.11 Å². The minimum atomic E-state index is -0.920. The molecule has 0 radical (unpaired) electrons. The summed E-state index contributed by atoms with van der Waals surface area (Å²) in [4.78, 5) is 35.1. The SMILES string of the molecule is COC(=O)CCN(C)C(=O)NCC(CC(C)C)C(=O)O. The van der Waals surface area contributed by atoms with Crippen molar-refractivity contribution in [3.8, 4) is 0 Å². The van der Waals surface area contributed by atoms with Crippen LogP contribution in [0, 0.1) is 11.8 Å². The third kappa shape index (κ3) is 7.60. The van der Waals surface area contributed by atoms with Crippen LogP contribution in [0.3, 0.4) is 0 Å². The summed E-state index contributed by atoms with van der Waals surface area (Å²) in [6, 6.07) is -0.399. The Morgan fingerprint density at radius 2 is 1.90 bits per heavy atom. The highest BCUT2D eigenvalue weighted by Gasteiger charge is 2.20. The van der Waals surface area contributed by atoms with E-state index in [2.05, 4.69) is 10.1 Å². The van der Waals surface area contributed by atoms with E-state index >= 15 is 0 Å². The average molecular weight is 288 g/mol. The van der Waals surface area contributed by atoms with Gasteiger partial charge < -0.3 is 20.1 Å². The second-order valence-electron chi connectivity index (χ2n) is 5.10. The number of ether oxygens (including phenoxy) is 1. The molecule has 7 nitrogen and oxygen atoms in total. The summed E-state index contributed by atoms with van der Waals surface area (Å²) < 4.78 is 4.48. The molecule has 20 heavy (non-hydrogen) atoms. The van der Waals surface area contributed by atoms with Gasteiger partial charge in [0.1, 0.15) is 0 Å². The van der Waals surface area contributed by atoms with Crippen molar-refractivity contribution in [3.63, 3.8) is 0 Å². The lowest BCUT2D eigenvalue weighted by Crippen LogP contribution is -2.42. The fourth-order valence-electron chi connectivity index (χ4n) is 1.65. The van der Waals surface area contributed by atoms with Crippen LogP contribution in [0.1, 0.15) is 26.7 Å². The first kappa shape index (κ1) is 18.2. The molecule has 0 aliphatic rings. The molecule has 0 aromatic rings. The van der Waals surface area contributed by atoms with Crippen molar-refractivity contribution >= 4 is 18.0 Å². The van der Waals surface area contributed by atoms with Crippen LogP contribution in [0.25, 0.3) is 0 Å². The number of urea groups is 1. The van der Waals surface area contributed by atoms with Gasteiger partial charge in [0.2, 0.25) is 0 Å². The number of carbonyl (C=O) groups excluding carboxylic acids is 2. The molecule has 1 unspecified atom stereocenters. The second kappa shape index (κ2) is 9.17. The van der Waals surface area contributed by atoms with Gasteiger partial charge in [-0.3, -0.25) is 9.59 Å². The maximum absolute atomic E-state index is 11.7. The number of carboxylic acids is 1. The Morgan fingerprint density at radius 3 is 2.35 bits per heavy atom. The molecule has 116 valence electrons. The molecule has 0 spiro atoms. The Balaban J connectivity index is 4.17. The highest BCUT2D eigenvalue weighted by atomic mass is 16.5. The van der Waals surface area contributed by atoms with E-state index in [9.17, 15) is 14.4 Å². The van der Waals surface area contributed by atoms with Gasteiger partial charge in [0, 0.05) is 20.1 Å². The van der Waals surface area contributed by atoms with Crippen LogP contribution in [0.15, 0.2) is 0 Å². The standard InChI is InChI=1S/C13H24N2O5/c1-9(2)7-10(12(17)18)8-14-13(19)15(3)6-5-11(16)20-4/h9-10H,5-8H2,1-4H3,(H,14,19)(H,17,18). The van der Waals surface area contributed by atoms with Crippen LogP contribution < -0.4 is 5.32 Å². The fraction of sp³-hybridized carbons (Fsp3) is 0.769. The summed E-state index contributed by atoms with van der Waals surface area (Å²) in [5.74, 6) is -1.68. The molecule has 0 aromatic carbocycles. The lowest BCUT2D eigenvalue weighted by Gasteiger charge is -2.20. The molecule has 2 N–H and O–H groups in total. The number of esters is 1. The molecule has 0 aromatic heterocycles. The van der Waals surface area contributed by atoms with E-state index < -0.39 is 23.9 Å². The monoisotopic (exact) mass is 288 g/mol. The van der Waals surface area contributed by atoms with E-state index in [1.807, 2.05) is 13.8 Å². The van der Waals surface area contributed by atoms with Gasteiger partial charge in [-0.25, -0.2) is 4.79 Å². The number of nitrogens with zero attached hydrogens (tertiary/aromatic N) is 1. The number of hydrogen-bond donors (Lipinski definition) is 2. The Hall–Kier alpha value is -1.79. The summed E-state index contributed by atoms with van der Waals surface area (Å²) in [5, 5.41) is 11.6. The van der Waals surface area contributed by atoms with Crippen molar-refractivity contribution in [2.24, 2.45) is 11.8 Å². The van der Waals surface area contributed by atoms with Gasteiger partial charge in [-0.1, -0.05) is 13.8 Å². The van der Waals surface area contributed by atoms with Gasteiger partial charge >= 0.3 is 18.0 Å². The zero-order chi connectivity index (χ0) is 15.7. The predicted molar refractivity (Wildman–Crippen MR) is 73.2 cm³/mol. The molecular weight excluding hydrogens is 264 g/mol. The van der Waals surface area contributed by atoms with Gasteiger partial charge in [-0.15, -0.1) is 0 Å². The molecule has 0 aliphatic heterocycles. The van der Waals surface area contributed by atoms with Crippen molar-refractivity contribution in [3.05, 3.63) is 0 Å². The summed E-state index contributed by atoms with van der Waals surface area (Å²) in [7, 11) is 2.82. The number of carboxylic acid groups (broad SMARTS) is 1. The quantitative estimate of drug-likeness (QED) is 0.648. The van der Waals surface area contributed by atoms with Crippen molar-refractivity contribution < 1.29 is 24.2 Å². The van der Waals surface area contributed by atoms with Crippen molar-refractivity contribution in [1.29, 1.82) is 0 Å². The summed E-state index contributed by atoms with van der Waals surface area (Å²) >= 11 is 0. The number of methoxy groups -OCH3 is 1. The van der Waals surface area contributed by atoms with E-state index in [1.54, 1.807) is 0 Å².